The van der Waals surface area contributed by atoms with E-state index in [0.717, 1.165) is 4.80 Å². The Kier molecular flexibility index (Phi) is 4.83. The number of nitro groups is 1. The Morgan fingerprint density at radius 2 is 1.96 bits per heavy atom. The number of amides is 1. The van der Waals surface area contributed by atoms with Gasteiger partial charge in [0.25, 0.3) is 5.69 Å². The number of aromatic nitrogens is 4. The number of carbonyl (C=O) groups is 1. The van der Waals surface area contributed by atoms with Crippen molar-refractivity contribution in [2.24, 2.45) is 0 Å². The topological polar surface area (TPSA) is 125 Å². The third kappa shape index (κ3) is 3.80. The molecule has 0 spiro atoms. The summed E-state index contributed by atoms with van der Waals surface area (Å²) in [4.78, 5) is 23.5. The van der Waals surface area contributed by atoms with Crippen LogP contribution < -0.4 is 10.1 Å². The second kappa shape index (κ2) is 7.38. The first kappa shape index (κ1) is 17.0. The molecule has 26 heavy (non-hydrogen) atoms. The summed E-state index contributed by atoms with van der Waals surface area (Å²) in [5.74, 6) is 0.464. The Labute approximate surface area is 147 Å². The third-order valence-electron chi connectivity index (χ3n) is 3.46. The van der Waals surface area contributed by atoms with E-state index in [1.807, 2.05) is 0 Å². The minimum Gasteiger partial charge on any atom is -0.495 e. The number of tetrazole rings is 1. The fourth-order valence-electron chi connectivity index (χ4n) is 2.22. The van der Waals surface area contributed by atoms with Crippen LogP contribution in [0.15, 0.2) is 48.5 Å². The van der Waals surface area contributed by atoms with Crippen LogP contribution in [-0.4, -0.2) is 38.1 Å². The molecule has 2 aromatic carbocycles. The molecule has 0 aliphatic carbocycles. The molecule has 0 radical (unpaired) electrons. The summed E-state index contributed by atoms with van der Waals surface area (Å²) in [6.45, 7) is -0.141. The number of hydrogen-bond acceptors (Lipinski definition) is 7. The largest absolute Gasteiger partial charge is 0.495 e. The van der Waals surface area contributed by atoms with Gasteiger partial charge in [-0.3, -0.25) is 14.9 Å². The Morgan fingerprint density at radius 1 is 1.23 bits per heavy atom. The van der Waals surface area contributed by atoms with E-state index in [1.165, 1.54) is 31.4 Å². The molecule has 0 atom stereocenters. The molecule has 3 rings (SSSR count). The monoisotopic (exact) mass is 354 g/mol. The van der Waals surface area contributed by atoms with Crippen LogP contribution in [0.3, 0.4) is 0 Å². The van der Waals surface area contributed by atoms with Gasteiger partial charge in [-0.2, -0.15) is 4.80 Å². The molecule has 0 aliphatic heterocycles. The average molecular weight is 354 g/mol. The number of nitrogens with zero attached hydrogens (tertiary/aromatic N) is 5. The molecule has 132 valence electrons. The van der Waals surface area contributed by atoms with Crippen molar-refractivity contribution in [3.05, 3.63) is 58.6 Å². The van der Waals surface area contributed by atoms with Crippen LogP contribution in [0.25, 0.3) is 11.4 Å². The summed E-state index contributed by atoms with van der Waals surface area (Å²) in [6, 6.07) is 12.8. The number of non-ortho nitro benzene ring substituents is 1. The van der Waals surface area contributed by atoms with Gasteiger partial charge in [0, 0.05) is 17.7 Å². The lowest BCUT2D eigenvalue weighted by Crippen LogP contribution is -2.20. The van der Waals surface area contributed by atoms with Gasteiger partial charge in [-0.1, -0.05) is 12.1 Å². The fraction of sp³-hybridized carbons (Fsp3) is 0.125. The molecule has 10 nitrogen and oxygen atoms in total. The van der Waals surface area contributed by atoms with Crippen LogP contribution in [0, 0.1) is 10.1 Å². The van der Waals surface area contributed by atoms with Crippen molar-refractivity contribution in [2.45, 2.75) is 6.54 Å². The first-order chi connectivity index (χ1) is 12.6. The third-order valence-corrected chi connectivity index (χ3v) is 3.46. The van der Waals surface area contributed by atoms with E-state index in [4.69, 9.17) is 4.74 Å². The fourth-order valence-corrected chi connectivity index (χ4v) is 2.22. The van der Waals surface area contributed by atoms with E-state index in [2.05, 4.69) is 20.7 Å². The van der Waals surface area contributed by atoms with Gasteiger partial charge in [-0.05, 0) is 29.5 Å². The number of nitrogens with one attached hydrogen (secondary N) is 1. The normalized spacial score (nSPS) is 10.3. The number of methoxy groups -OCH3 is 1. The van der Waals surface area contributed by atoms with Crippen LogP contribution in [0.2, 0.25) is 0 Å². The predicted molar refractivity (Wildman–Crippen MR) is 91.5 cm³/mol. The molecule has 10 heteroatoms. The Morgan fingerprint density at radius 3 is 2.65 bits per heavy atom. The van der Waals surface area contributed by atoms with Gasteiger partial charge in [-0.15, -0.1) is 10.2 Å². The Balaban J connectivity index is 1.68. The number of hydrogen-bond donors (Lipinski definition) is 1. The van der Waals surface area contributed by atoms with Crippen LogP contribution in [-0.2, 0) is 11.3 Å². The zero-order valence-corrected chi connectivity index (χ0v) is 13.7. The Hall–Kier alpha value is -3.82. The summed E-state index contributed by atoms with van der Waals surface area (Å²) in [6.07, 6.45) is 0. The number of anilines is 1. The predicted octanol–water partition coefficient (Wildman–Crippen LogP) is 1.90. The lowest BCUT2D eigenvalue weighted by atomic mass is 10.2. The van der Waals surface area contributed by atoms with E-state index in [0.29, 0.717) is 17.0 Å². The molecular weight excluding hydrogens is 340 g/mol. The number of nitro benzene ring substituents is 1. The van der Waals surface area contributed by atoms with Crippen molar-refractivity contribution in [3.8, 4) is 17.1 Å². The van der Waals surface area contributed by atoms with Crippen molar-refractivity contribution in [1.29, 1.82) is 0 Å². The maximum Gasteiger partial charge on any atom is 0.269 e. The SMILES string of the molecule is COc1ccccc1NC(=O)Cn1nnc(-c2ccc([N+](=O)[O-])cc2)n1. The summed E-state index contributed by atoms with van der Waals surface area (Å²) in [5.41, 5.74) is 1.07. The maximum atomic E-state index is 12.1. The van der Waals surface area contributed by atoms with Crippen LogP contribution in [0.5, 0.6) is 5.75 Å². The summed E-state index contributed by atoms with van der Waals surface area (Å²) in [5, 5.41) is 25.2. The molecule has 1 amide bonds. The van der Waals surface area contributed by atoms with Gasteiger partial charge in [-0.25, -0.2) is 0 Å². The highest BCUT2D eigenvalue weighted by Gasteiger charge is 2.12. The van der Waals surface area contributed by atoms with Crippen molar-refractivity contribution in [3.63, 3.8) is 0 Å². The zero-order valence-electron chi connectivity index (χ0n) is 13.7. The minimum absolute atomic E-state index is 0.0303. The van der Waals surface area contributed by atoms with E-state index < -0.39 is 4.92 Å². The molecule has 0 saturated carbocycles. The maximum absolute atomic E-state index is 12.1. The van der Waals surface area contributed by atoms with Crippen LogP contribution in [0.1, 0.15) is 0 Å². The lowest BCUT2D eigenvalue weighted by Gasteiger charge is -2.09. The highest BCUT2D eigenvalue weighted by atomic mass is 16.6. The van der Waals surface area contributed by atoms with Gasteiger partial charge in [0.2, 0.25) is 11.7 Å². The first-order valence-corrected chi connectivity index (χ1v) is 7.52. The molecular formula is C16H14N6O4. The van der Waals surface area contributed by atoms with E-state index in [1.54, 1.807) is 24.3 Å². The van der Waals surface area contributed by atoms with E-state index in [-0.39, 0.29) is 24.0 Å². The average Bonchev–Trinajstić information content (AvgIpc) is 3.10. The second-order valence-corrected chi connectivity index (χ2v) is 5.20. The number of benzene rings is 2. The molecule has 0 saturated heterocycles. The van der Waals surface area contributed by atoms with Crippen LogP contribution >= 0.6 is 0 Å². The second-order valence-electron chi connectivity index (χ2n) is 5.20. The van der Waals surface area contributed by atoms with E-state index >= 15 is 0 Å². The van der Waals surface area contributed by atoms with Gasteiger partial charge in [0.05, 0.1) is 17.7 Å². The summed E-state index contributed by atoms with van der Waals surface area (Å²) in [7, 11) is 1.51. The van der Waals surface area contributed by atoms with Crippen molar-refractivity contribution in [2.75, 3.05) is 12.4 Å². The molecule has 0 fully saturated rings. The van der Waals surface area contributed by atoms with E-state index in [9.17, 15) is 14.9 Å². The lowest BCUT2D eigenvalue weighted by molar-refractivity contribution is -0.384. The smallest absolute Gasteiger partial charge is 0.269 e. The van der Waals surface area contributed by atoms with Gasteiger partial charge < -0.3 is 10.1 Å². The summed E-state index contributed by atoms with van der Waals surface area (Å²) >= 11 is 0. The van der Waals surface area contributed by atoms with Crippen molar-refractivity contribution >= 4 is 17.3 Å². The van der Waals surface area contributed by atoms with Gasteiger partial charge >= 0.3 is 0 Å². The number of ether oxygens (including phenoxy) is 1. The standard InChI is InChI=1S/C16H14N6O4/c1-26-14-5-3-2-4-13(14)17-15(23)10-21-19-16(18-20-21)11-6-8-12(9-7-11)22(24)25/h2-9H,10H2,1H3,(H,17,23). The minimum atomic E-state index is -0.490. The van der Waals surface area contributed by atoms with Crippen molar-refractivity contribution < 1.29 is 14.5 Å². The quantitative estimate of drug-likeness (QED) is 0.529. The molecule has 0 bridgehead atoms. The molecule has 3 aromatic rings. The first-order valence-electron chi connectivity index (χ1n) is 7.52. The molecule has 0 aliphatic rings. The number of carbonyl (C=O) groups excluding carboxylic acids is 1. The Bertz CT molecular complexity index is 938. The molecule has 1 N–H and O–H groups in total. The van der Waals surface area contributed by atoms with Crippen LogP contribution in [0.4, 0.5) is 11.4 Å². The van der Waals surface area contributed by atoms with Gasteiger partial charge in [0.1, 0.15) is 12.3 Å². The number of rotatable bonds is 6. The summed E-state index contributed by atoms with van der Waals surface area (Å²) < 4.78 is 5.17. The molecule has 1 aromatic heterocycles. The molecule has 1 heterocycles. The highest BCUT2D eigenvalue weighted by molar-refractivity contribution is 5.91. The van der Waals surface area contributed by atoms with Crippen molar-refractivity contribution in [1.82, 2.24) is 20.2 Å². The zero-order chi connectivity index (χ0) is 18.5. The van der Waals surface area contributed by atoms with Gasteiger partial charge in [0.15, 0.2) is 0 Å². The number of para-hydroxylation sites is 2. The highest BCUT2D eigenvalue weighted by Crippen LogP contribution is 2.23. The molecule has 0 unspecified atom stereocenters.